The van der Waals surface area contributed by atoms with Gasteiger partial charge in [-0.3, -0.25) is 9.59 Å². The van der Waals surface area contributed by atoms with Gasteiger partial charge in [-0.05, 0) is 68.9 Å². The normalized spacial score (nSPS) is 12.6. The van der Waals surface area contributed by atoms with Gasteiger partial charge in [0.05, 0.1) is 10.7 Å². The maximum atomic E-state index is 14.7. The van der Waals surface area contributed by atoms with Crippen molar-refractivity contribution >= 4 is 35.2 Å². The minimum Gasteiger partial charge on any atom is -0.444 e. The largest absolute Gasteiger partial charge is 0.444 e. The second-order valence-electron chi connectivity index (χ2n) is 12.4. The van der Waals surface area contributed by atoms with E-state index in [1.165, 1.54) is 0 Å². The number of alkyl carbamates (subject to hydrolysis) is 1. The summed E-state index contributed by atoms with van der Waals surface area (Å²) in [6.07, 6.45) is 4.02. The van der Waals surface area contributed by atoms with Crippen molar-refractivity contribution in [3.05, 3.63) is 100 Å². The van der Waals surface area contributed by atoms with Crippen molar-refractivity contribution in [3.63, 3.8) is 0 Å². The van der Waals surface area contributed by atoms with Crippen LogP contribution in [0.25, 0.3) is 0 Å². The Morgan fingerprint density at radius 2 is 1.56 bits per heavy atom. The van der Waals surface area contributed by atoms with Gasteiger partial charge in [0.25, 0.3) is 5.91 Å². The van der Waals surface area contributed by atoms with E-state index in [1.54, 1.807) is 31.7 Å². The average Bonchev–Trinajstić information content (AvgIpc) is 2.99. The fourth-order valence-corrected chi connectivity index (χ4v) is 5.43. The van der Waals surface area contributed by atoms with Gasteiger partial charge in [0.2, 0.25) is 5.91 Å². The van der Waals surface area contributed by atoms with Crippen LogP contribution in [0.15, 0.2) is 72.8 Å². The molecular weight excluding hydrogens is 586 g/mol. The monoisotopic (exact) mass is 633 g/mol. The Bertz CT molecular complexity index is 1380. The lowest BCUT2D eigenvalue weighted by Gasteiger charge is -2.35. The lowest BCUT2D eigenvalue weighted by molar-refractivity contribution is -0.140. The highest BCUT2D eigenvalue weighted by atomic mass is 35.5. The fraction of sp³-hybridized carbons (Fsp3) is 0.432. The van der Waals surface area contributed by atoms with E-state index < -0.39 is 23.8 Å². The van der Waals surface area contributed by atoms with Gasteiger partial charge in [-0.1, -0.05) is 111 Å². The molecule has 0 spiro atoms. The topological polar surface area (TPSA) is 87.7 Å². The molecular formula is C37H48ClN3O4. The Kier molecular flexibility index (Phi) is 13.5. The number of anilines is 1. The molecule has 0 aliphatic heterocycles. The highest BCUT2D eigenvalue weighted by Gasteiger charge is 2.36. The molecule has 2 atom stereocenters. The van der Waals surface area contributed by atoms with E-state index in [1.807, 2.05) is 73.7 Å². The van der Waals surface area contributed by atoms with Crippen molar-refractivity contribution in [1.29, 1.82) is 0 Å². The lowest BCUT2D eigenvalue weighted by atomic mass is 9.98. The van der Waals surface area contributed by atoms with Crippen molar-refractivity contribution in [1.82, 2.24) is 10.2 Å². The first kappa shape index (κ1) is 35.6. The number of benzene rings is 3. The third-order valence-electron chi connectivity index (χ3n) is 7.54. The number of halogens is 1. The van der Waals surface area contributed by atoms with E-state index in [0.717, 1.165) is 42.4 Å². The second-order valence-corrected chi connectivity index (χ2v) is 12.8. The first-order valence-corrected chi connectivity index (χ1v) is 16.3. The zero-order chi connectivity index (χ0) is 33.0. The first-order chi connectivity index (χ1) is 21.4. The quantitative estimate of drug-likeness (QED) is 0.174. The minimum atomic E-state index is -0.973. The smallest absolute Gasteiger partial charge is 0.408 e. The molecule has 0 saturated carbocycles. The van der Waals surface area contributed by atoms with Crippen LogP contribution >= 0.6 is 11.6 Å². The molecule has 2 unspecified atom stereocenters. The number of hydrogen-bond donors (Lipinski definition) is 2. The molecule has 8 heteroatoms. The van der Waals surface area contributed by atoms with E-state index in [0.29, 0.717) is 29.2 Å². The number of nitrogens with zero attached hydrogens (tertiary/aromatic N) is 1. The van der Waals surface area contributed by atoms with Crippen LogP contribution < -0.4 is 10.6 Å². The van der Waals surface area contributed by atoms with Crippen LogP contribution in [-0.2, 0) is 27.2 Å². The fourth-order valence-electron chi connectivity index (χ4n) is 5.17. The molecule has 0 bridgehead atoms. The van der Waals surface area contributed by atoms with Gasteiger partial charge in [0.15, 0.2) is 0 Å². The van der Waals surface area contributed by atoms with Crippen LogP contribution in [-0.4, -0.2) is 41.0 Å². The van der Waals surface area contributed by atoms with Gasteiger partial charge < -0.3 is 20.3 Å². The van der Waals surface area contributed by atoms with Crippen molar-refractivity contribution in [3.8, 4) is 0 Å². The summed E-state index contributed by atoms with van der Waals surface area (Å²) in [6.45, 7) is 11.7. The molecule has 0 aliphatic rings. The van der Waals surface area contributed by atoms with Gasteiger partial charge in [-0.25, -0.2) is 4.79 Å². The number of amides is 3. The molecule has 2 N–H and O–H groups in total. The zero-order valence-electron chi connectivity index (χ0n) is 27.5. The zero-order valence-corrected chi connectivity index (χ0v) is 28.2. The van der Waals surface area contributed by atoms with Crippen LogP contribution in [0.2, 0.25) is 5.02 Å². The summed E-state index contributed by atoms with van der Waals surface area (Å²) in [5.41, 5.74) is 3.23. The molecule has 45 heavy (non-hydrogen) atoms. The summed E-state index contributed by atoms with van der Waals surface area (Å²) in [5.74, 6) is -0.744. The summed E-state index contributed by atoms with van der Waals surface area (Å²) >= 11 is 6.52. The van der Waals surface area contributed by atoms with Gasteiger partial charge in [0, 0.05) is 13.0 Å². The van der Waals surface area contributed by atoms with Crippen LogP contribution in [0.4, 0.5) is 10.5 Å². The predicted molar refractivity (Wildman–Crippen MR) is 183 cm³/mol. The Labute approximate surface area is 273 Å². The molecule has 242 valence electrons. The van der Waals surface area contributed by atoms with Crippen molar-refractivity contribution in [2.45, 2.75) is 97.8 Å². The van der Waals surface area contributed by atoms with Gasteiger partial charge in [0.1, 0.15) is 17.7 Å². The lowest BCUT2D eigenvalue weighted by Crippen LogP contribution is -2.53. The van der Waals surface area contributed by atoms with Crippen LogP contribution in [0.1, 0.15) is 88.6 Å². The molecule has 0 radical (unpaired) electrons. The van der Waals surface area contributed by atoms with Crippen molar-refractivity contribution < 1.29 is 19.1 Å². The number of carbonyl (C=O) groups excluding carboxylic acids is 3. The van der Waals surface area contributed by atoms with Crippen LogP contribution in [0.3, 0.4) is 0 Å². The Morgan fingerprint density at radius 3 is 2.16 bits per heavy atom. The summed E-state index contributed by atoms with van der Waals surface area (Å²) < 4.78 is 5.56. The number of rotatable bonds is 14. The van der Waals surface area contributed by atoms with Crippen LogP contribution in [0, 0.1) is 6.92 Å². The number of aryl methyl sites for hydroxylation is 2. The second kappa shape index (κ2) is 17.0. The molecule has 3 aromatic rings. The highest BCUT2D eigenvalue weighted by molar-refractivity contribution is 6.34. The molecule has 0 heterocycles. The number of nitrogens with one attached hydrogen (secondary N) is 2. The molecule has 0 fully saturated rings. The maximum absolute atomic E-state index is 14.7. The molecule has 3 amide bonds. The summed E-state index contributed by atoms with van der Waals surface area (Å²) in [5, 5.41) is 6.27. The average molecular weight is 634 g/mol. The maximum Gasteiger partial charge on any atom is 0.408 e. The van der Waals surface area contributed by atoms with Gasteiger partial charge in [-0.15, -0.1) is 0 Å². The van der Waals surface area contributed by atoms with E-state index in [-0.39, 0.29) is 18.2 Å². The van der Waals surface area contributed by atoms with Gasteiger partial charge in [-0.2, -0.15) is 0 Å². The molecule has 3 rings (SSSR count). The van der Waals surface area contributed by atoms with E-state index in [9.17, 15) is 14.4 Å². The number of unbranched alkanes of at least 4 members (excludes halogenated alkanes) is 3. The van der Waals surface area contributed by atoms with Crippen LogP contribution in [0.5, 0.6) is 0 Å². The molecule has 3 aromatic carbocycles. The summed E-state index contributed by atoms with van der Waals surface area (Å²) in [7, 11) is 0. The number of carbonyl (C=O) groups is 3. The number of hydrogen-bond acceptors (Lipinski definition) is 4. The summed E-state index contributed by atoms with van der Waals surface area (Å²) in [4.78, 5) is 43.7. The Morgan fingerprint density at radius 1 is 0.867 bits per heavy atom. The van der Waals surface area contributed by atoms with E-state index in [2.05, 4.69) is 24.5 Å². The third-order valence-corrected chi connectivity index (χ3v) is 7.86. The third kappa shape index (κ3) is 10.9. The molecule has 7 nitrogen and oxygen atoms in total. The van der Waals surface area contributed by atoms with Crippen molar-refractivity contribution in [2.24, 2.45) is 0 Å². The Balaban J connectivity index is 2.10. The molecule has 0 saturated heterocycles. The molecule has 0 aromatic heterocycles. The highest BCUT2D eigenvalue weighted by Crippen LogP contribution is 2.30. The first-order valence-electron chi connectivity index (χ1n) is 15.9. The number of para-hydroxylation sites is 1. The van der Waals surface area contributed by atoms with Crippen molar-refractivity contribution in [2.75, 3.05) is 11.9 Å². The molecule has 0 aliphatic carbocycles. The minimum absolute atomic E-state index is 0.233. The summed E-state index contributed by atoms with van der Waals surface area (Å²) in [6, 6.07) is 20.8. The predicted octanol–water partition coefficient (Wildman–Crippen LogP) is 8.44. The number of ether oxygens (including phenoxy) is 1. The van der Waals surface area contributed by atoms with Gasteiger partial charge >= 0.3 is 6.09 Å². The van der Waals surface area contributed by atoms with E-state index in [4.69, 9.17) is 16.3 Å². The Hall–Kier alpha value is -3.84. The van der Waals surface area contributed by atoms with E-state index >= 15 is 0 Å². The standard InChI is InChI=1S/C37H48ClN3O4/c1-7-9-10-14-24-41(35(43)31(25-28-17-12-11-13-18-28)39-36(44)45-37(4,5)6)33(29-22-20-27(8-2)21-23-29)34(42)40-32-26(3)16-15-19-30(32)38/h11-13,15-23,31,33H,7-10,14,24-25H2,1-6H3,(H,39,44)(H,40,42). The SMILES string of the molecule is CCCCCCN(C(=O)C(Cc1ccccc1)NC(=O)OC(C)(C)C)C(C(=O)Nc1c(C)cccc1Cl)c1ccc(CC)cc1.